The molecule has 0 bridgehead atoms. The molecule has 3 aliphatic rings. The Labute approximate surface area is 206 Å². The van der Waals surface area contributed by atoms with Crippen LogP contribution >= 0.6 is 15.9 Å². The van der Waals surface area contributed by atoms with Gasteiger partial charge in [0.15, 0.2) is 0 Å². The molecule has 2 aromatic carbocycles. The third-order valence-corrected chi connectivity index (χ3v) is 6.98. The van der Waals surface area contributed by atoms with Crippen molar-refractivity contribution in [3.63, 3.8) is 0 Å². The second-order valence-electron chi connectivity index (χ2n) is 8.75. The summed E-state index contributed by atoms with van der Waals surface area (Å²) in [5.74, 6) is 0. The van der Waals surface area contributed by atoms with Gasteiger partial charge in [0.05, 0.1) is 50.9 Å². The van der Waals surface area contributed by atoms with Gasteiger partial charge in [-0.2, -0.15) is 0 Å². The highest BCUT2D eigenvalue weighted by Crippen LogP contribution is 2.31. The summed E-state index contributed by atoms with van der Waals surface area (Å²) in [7, 11) is 0. The van der Waals surface area contributed by atoms with Crippen molar-refractivity contribution in [1.82, 2.24) is 14.5 Å². The Morgan fingerprint density at radius 3 is 2.56 bits per heavy atom. The largest absolute Gasteiger partial charge is 0.352 e. The van der Waals surface area contributed by atoms with E-state index in [9.17, 15) is 0 Å². The van der Waals surface area contributed by atoms with Crippen molar-refractivity contribution in [3.05, 3.63) is 94.5 Å². The molecule has 0 amide bonds. The quantitative estimate of drug-likeness (QED) is 0.271. The first-order valence-corrected chi connectivity index (χ1v) is 12.4. The number of rotatable bonds is 4. The number of pyridine rings is 1. The van der Waals surface area contributed by atoms with Crippen molar-refractivity contribution in [1.29, 1.82) is 0 Å². The zero-order valence-corrected chi connectivity index (χ0v) is 20.5. The van der Waals surface area contributed by atoms with Crippen LogP contribution in [0.4, 0.5) is 11.4 Å². The molecule has 0 unspecified atom stereocenters. The van der Waals surface area contributed by atoms with Gasteiger partial charge >= 0.3 is 0 Å². The van der Waals surface area contributed by atoms with Gasteiger partial charge < -0.3 is 9.88 Å². The van der Waals surface area contributed by atoms with Crippen LogP contribution in [0.2, 0.25) is 0 Å². The van der Waals surface area contributed by atoms with Crippen LogP contribution in [0.15, 0.2) is 88.5 Å². The molecule has 0 atom stereocenters. The zero-order chi connectivity index (χ0) is 23.1. The Bertz CT molecular complexity index is 1530. The number of anilines is 2. The minimum Gasteiger partial charge on any atom is -0.352 e. The number of halogens is 1. The zero-order valence-electron chi connectivity index (χ0n) is 18.9. The standard InChI is InChI=1S/C28H24BrN5/c1-18-22(9-5-15-30-18)32-24-16-26-28(17-25(24)31-20-6-4-7-20)34(21-13-11-19(29)12-14-21)27-10-3-2-8-23(27)33-26/h2-3,5,8-17,20,32H,4,6-7H2,1H3/b31-25+. The van der Waals surface area contributed by atoms with E-state index < -0.39 is 0 Å². The van der Waals surface area contributed by atoms with Crippen LogP contribution in [0.1, 0.15) is 25.0 Å². The Hall–Kier alpha value is -3.51. The van der Waals surface area contributed by atoms with E-state index in [1.54, 1.807) is 0 Å². The van der Waals surface area contributed by atoms with Gasteiger partial charge in [-0.25, -0.2) is 4.98 Å². The molecule has 1 fully saturated rings. The molecule has 2 heterocycles. The summed E-state index contributed by atoms with van der Waals surface area (Å²) in [6.45, 7) is 2.01. The van der Waals surface area contributed by atoms with E-state index >= 15 is 0 Å². The summed E-state index contributed by atoms with van der Waals surface area (Å²) in [5, 5.41) is 4.55. The molecule has 34 heavy (non-hydrogen) atoms. The lowest BCUT2D eigenvalue weighted by molar-refractivity contribution is 0.413. The second-order valence-corrected chi connectivity index (χ2v) is 9.66. The van der Waals surface area contributed by atoms with Crippen molar-refractivity contribution in [3.8, 4) is 17.1 Å². The van der Waals surface area contributed by atoms with Gasteiger partial charge in [-0.3, -0.25) is 9.98 Å². The normalized spacial score (nSPS) is 14.5. The molecule has 6 heteroatoms. The second kappa shape index (κ2) is 8.69. The number of fused-ring (bicyclic) bond motifs is 2. The molecule has 0 saturated heterocycles. The topological polar surface area (TPSA) is 55.1 Å². The first kappa shape index (κ1) is 21.1. The minimum absolute atomic E-state index is 0.377. The highest BCUT2D eigenvalue weighted by Gasteiger charge is 2.19. The van der Waals surface area contributed by atoms with Gasteiger partial charge in [0.1, 0.15) is 0 Å². The molecule has 3 aromatic rings. The fourth-order valence-electron chi connectivity index (χ4n) is 4.39. The molecule has 0 radical (unpaired) electrons. The lowest BCUT2D eigenvalue weighted by Crippen LogP contribution is -2.22. The van der Waals surface area contributed by atoms with Crippen LogP contribution in [0, 0.1) is 6.92 Å². The monoisotopic (exact) mass is 509 g/mol. The molecule has 5 nitrogen and oxygen atoms in total. The first-order valence-electron chi connectivity index (χ1n) is 11.6. The Kier molecular flexibility index (Phi) is 5.38. The van der Waals surface area contributed by atoms with Gasteiger partial charge in [-0.05, 0) is 86.8 Å². The first-order chi connectivity index (χ1) is 16.7. The van der Waals surface area contributed by atoms with Crippen LogP contribution < -0.4 is 10.7 Å². The number of hydrogen-bond donors (Lipinski definition) is 1. The Morgan fingerprint density at radius 1 is 0.971 bits per heavy atom. The van der Waals surface area contributed by atoms with Crippen LogP contribution in [0.25, 0.3) is 28.1 Å². The molecule has 2 aliphatic carbocycles. The number of benzene rings is 3. The van der Waals surface area contributed by atoms with E-state index in [2.05, 4.69) is 91.5 Å². The van der Waals surface area contributed by atoms with Crippen molar-refractivity contribution < 1.29 is 0 Å². The van der Waals surface area contributed by atoms with E-state index in [1.807, 2.05) is 25.3 Å². The molecule has 168 valence electrons. The van der Waals surface area contributed by atoms with E-state index in [1.165, 1.54) is 6.42 Å². The number of hydrogen-bond acceptors (Lipinski definition) is 4. The van der Waals surface area contributed by atoms with Crippen molar-refractivity contribution in [2.24, 2.45) is 4.99 Å². The smallest absolute Gasteiger partial charge is 0.0900 e. The van der Waals surface area contributed by atoms with E-state index in [0.29, 0.717) is 6.04 Å². The molecular weight excluding hydrogens is 486 g/mol. The highest BCUT2D eigenvalue weighted by molar-refractivity contribution is 9.10. The summed E-state index contributed by atoms with van der Waals surface area (Å²) in [6, 6.07) is 25.4. The lowest BCUT2D eigenvalue weighted by Gasteiger charge is -2.23. The Morgan fingerprint density at radius 2 is 1.79 bits per heavy atom. The van der Waals surface area contributed by atoms with Gasteiger partial charge in [0.25, 0.3) is 0 Å². The summed E-state index contributed by atoms with van der Waals surface area (Å²) < 4.78 is 3.33. The van der Waals surface area contributed by atoms with Gasteiger partial charge in [0, 0.05) is 16.4 Å². The molecule has 1 aromatic heterocycles. The van der Waals surface area contributed by atoms with Crippen molar-refractivity contribution >= 4 is 38.3 Å². The van der Waals surface area contributed by atoms with E-state index in [-0.39, 0.29) is 0 Å². The number of nitrogens with zero attached hydrogens (tertiary/aromatic N) is 4. The van der Waals surface area contributed by atoms with Gasteiger partial charge in [-0.15, -0.1) is 0 Å². The van der Waals surface area contributed by atoms with Crippen molar-refractivity contribution in [2.45, 2.75) is 32.2 Å². The number of aryl methyl sites for hydroxylation is 1. The summed E-state index contributed by atoms with van der Waals surface area (Å²) in [4.78, 5) is 14.6. The van der Waals surface area contributed by atoms with Crippen LogP contribution in [-0.4, -0.2) is 20.6 Å². The van der Waals surface area contributed by atoms with Crippen LogP contribution in [-0.2, 0) is 0 Å². The SMILES string of the molecule is Cc1ncccc1Nc1cc2nc3ccccc3n(-c3ccc(Br)cc3)c-2c/c1=N\C1CCC1. The fourth-order valence-corrected chi connectivity index (χ4v) is 4.66. The van der Waals surface area contributed by atoms with E-state index in [4.69, 9.17) is 9.98 Å². The minimum atomic E-state index is 0.377. The highest BCUT2D eigenvalue weighted by atomic mass is 79.9. The molecule has 1 saturated carbocycles. The summed E-state index contributed by atoms with van der Waals surface area (Å²) in [5.41, 5.74) is 7.94. The number of para-hydroxylation sites is 2. The molecule has 1 aliphatic heterocycles. The molecule has 6 rings (SSSR count). The maximum atomic E-state index is 5.14. The third kappa shape index (κ3) is 3.88. The molecule has 1 N–H and O–H groups in total. The van der Waals surface area contributed by atoms with Crippen LogP contribution in [0.5, 0.6) is 0 Å². The van der Waals surface area contributed by atoms with Crippen molar-refractivity contribution in [2.75, 3.05) is 5.32 Å². The predicted octanol–water partition coefficient (Wildman–Crippen LogP) is 6.79. The average Bonchev–Trinajstić information content (AvgIpc) is 2.82. The van der Waals surface area contributed by atoms with Crippen LogP contribution in [0.3, 0.4) is 0 Å². The number of aromatic nitrogens is 3. The third-order valence-electron chi connectivity index (χ3n) is 6.45. The maximum Gasteiger partial charge on any atom is 0.0900 e. The average molecular weight is 510 g/mol. The van der Waals surface area contributed by atoms with Gasteiger partial charge in [-0.1, -0.05) is 28.1 Å². The number of nitrogens with one attached hydrogen (secondary N) is 1. The maximum absolute atomic E-state index is 5.14. The molecular formula is C28H24BrN5. The molecule has 0 spiro atoms. The lowest BCUT2D eigenvalue weighted by atomic mass is 9.94. The summed E-state index contributed by atoms with van der Waals surface area (Å²) in [6.07, 6.45) is 5.35. The fraction of sp³-hybridized carbons (Fsp3) is 0.179. The van der Waals surface area contributed by atoms with Gasteiger partial charge in [0.2, 0.25) is 0 Å². The predicted molar refractivity (Wildman–Crippen MR) is 141 cm³/mol. The summed E-state index contributed by atoms with van der Waals surface area (Å²) >= 11 is 3.57. The van der Waals surface area contributed by atoms with E-state index in [0.717, 1.165) is 67.8 Å². The Balaban J connectivity index is 1.64.